The van der Waals surface area contributed by atoms with Crippen LogP contribution in [0.4, 0.5) is 20.2 Å². The maximum atomic E-state index is 13.1. The van der Waals surface area contributed by atoms with Crippen molar-refractivity contribution in [3.05, 3.63) is 60.2 Å². The third-order valence-corrected chi connectivity index (χ3v) is 5.39. The van der Waals surface area contributed by atoms with Gasteiger partial charge in [-0.2, -0.15) is 0 Å². The van der Waals surface area contributed by atoms with E-state index in [0.717, 1.165) is 23.4 Å². The smallest absolute Gasteiger partial charge is 0.251 e. The summed E-state index contributed by atoms with van der Waals surface area (Å²) in [5.74, 6) is -1.18. The van der Waals surface area contributed by atoms with Crippen LogP contribution in [0.25, 0.3) is 0 Å². The lowest BCUT2D eigenvalue weighted by molar-refractivity contribution is -0.123. The Labute approximate surface area is 161 Å². The molecule has 2 saturated heterocycles. The topological polar surface area (TPSA) is 52.7 Å². The summed E-state index contributed by atoms with van der Waals surface area (Å²) in [7, 11) is 0. The number of likely N-dealkylation sites (tertiary alicyclic amines) is 1. The summed E-state index contributed by atoms with van der Waals surface area (Å²) < 4.78 is 26.1. The predicted octanol–water partition coefficient (Wildman–Crippen LogP) is 3.17. The fourth-order valence-electron chi connectivity index (χ4n) is 3.90. The zero-order chi connectivity index (χ0) is 19.7. The summed E-state index contributed by atoms with van der Waals surface area (Å²) in [6.07, 6.45) is 1.80. The second kappa shape index (κ2) is 7.67. The second-order valence-electron chi connectivity index (χ2n) is 7.23. The van der Waals surface area contributed by atoms with Gasteiger partial charge in [0, 0.05) is 24.8 Å². The van der Waals surface area contributed by atoms with E-state index in [9.17, 15) is 18.4 Å². The van der Waals surface area contributed by atoms with Crippen LogP contribution in [0.2, 0.25) is 0 Å². The summed E-state index contributed by atoms with van der Waals surface area (Å²) >= 11 is 0. The molecular weight excluding hydrogens is 364 g/mol. The average molecular weight is 385 g/mol. The number of hydrogen-bond acceptors (Lipinski definition) is 4. The standard InChI is InChI=1S/C21H21F2N3O2/c22-14-1-5-16(6-2-14)24-17-9-11-25(12-10-17)19-13-20(27)26(21(19)28)18-7-3-15(23)4-8-18/h1-8,17,19,24H,9-13H2/t19-/m0/s1. The second-order valence-corrected chi connectivity index (χ2v) is 7.23. The number of amides is 2. The van der Waals surface area contributed by atoms with Crippen molar-refractivity contribution in [2.75, 3.05) is 23.3 Å². The summed E-state index contributed by atoms with van der Waals surface area (Å²) in [5.41, 5.74) is 1.28. The highest BCUT2D eigenvalue weighted by atomic mass is 19.1. The van der Waals surface area contributed by atoms with E-state index in [-0.39, 0.29) is 30.1 Å². The maximum Gasteiger partial charge on any atom is 0.251 e. The number of hydrogen-bond donors (Lipinski definition) is 1. The number of rotatable bonds is 4. The minimum absolute atomic E-state index is 0.145. The van der Waals surface area contributed by atoms with Crippen LogP contribution in [0.3, 0.4) is 0 Å². The third-order valence-electron chi connectivity index (χ3n) is 5.39. The van der Waals surface area contributed by atoms with Gasteiger partial charge in [0.05, 0.1) is 18.2 Å². The molecule has 0 radical (unpaired) electrons. The van der Waals surface area contributed by atoms with Crippen LogP contribution in [0, 0.1) is 11.6 Å². The number of imide groups is 1. The molecule has 2 aliphatic rings. The predicted molar refractivity (Wildman–Crippen MR) is 102 cm³/mol. The summed E-state index contributed by atoms with van der Waals surface area (Å²) in [6.45, 7) is 1.39. The van der Waals surface area contributed by atoms with E-state index in [0.29, 0.717) is 18.8 Å². The van der Waals surface area contributed by atoms with Crippen molar-refractivity contribution in [3.63, 3.8) is 0 Å². The molecule has 1 atom stereocenters. The highest BCUT2D eigenvalue weighted by Crippen LogP contribution is 2.28. The Morgan fingerprint density at radius 2 is 1.43 bits per heavy atom. The van der Waals surface area contributed by atoms with Gasteiger partial charge in [0.15, 0.2) is 0 Å². The van der Waals surface area contributed by atoms with E-state index in [1.807, 2.05) is 4.90 Å². The number of nitrogens with zero attached hydrogens (tertiary/aromatic N) is 2. The Hall–Kier alpha value is -2.80. The molecular formula is C21H21F2N3O2. The molecule has 0 aliphatic carbocycles. The number of halogens is 2. The van der Waals surface area contributed by atoms with Gasteiger partial charge in [0.25, 0.3) is 5.91 Å². The minimum Gasteiger partial charge on any atom is -0.382 e. The van der Waals surface area contributed by atoms with Crippen molar-refractivity contribution in [1.82, 2.24) is 4.90 Å². The van der Waals surface area contributed by atoms with Gasteiger partial charge in [-0.15, -0.1) is 0 Å². The zero-order valence-electron chi connectivity index (χ0n) is 15.3. The molecule has 2 amide bonds. The summed E-state index contributed by atoms with van der Waals surface area (Å²) in [6, 6.07) is 11.4. The SMILES string of the molecule is O=C1C[C@H](N2CCC(Nc3ccc(F)cc3)CC2)C(=O)N1c1ccc(F)cc1. The molecule has 1 N–H and O–H groups in total. The van der Waals surface area contributed by atoms with Gasteiger partial charge in [0.2, 0.25) is 5.91 Å². The summed E-state index contributed by atoms with van der Waals surface area (Å²) in [4.78, 5) is 28.4. The van der Waals surface area contributed by atoms with E-state index < -0.39 is 11.9 Å². The van der Waals surface area contributed by atoms with E-state index in [1.165, 1.54) is 36.4 Å². The van der Waals surface area contributed by atoms with Gasteiger partial charge in [0.1, 0.15) is 11.6 Å². The molecule has 7 heteroatoms. The van der Waals surface area contributed by atoms with Crippen molar-refractivity contribution in [1.29, 1.82) is 0 Å². The number of piperidine rings is 1. The van der Waals surface area contributed by atoms with E-state index in [2.05, 4.69) is 5.32 Å². The highest BCUT2D eigenvalue weighted by Gasteiger charge is 2.43. The number of anilines is 2. The first kappa shape index (κ1) is 18.6. The average Bonchev–Trinajstić information content (AvgIpc) is 2.99. The van der Waals surface area contributed by atoms with Crippen LogP contribution in [0.1, 0.15) is 19.3 Å². The molecule has 2 aliphatic heterocycles. The van der Waals surface area contributed by atoms with E-state index in [4.69, 9.17) is 0 Å². The van der Waals surface area contributed by atoms with Gasteiger partial charge < -0.3 is 5.32 Å². The normalized spacial score (nSPS) is 21.4. The maximum absolute atomic E-state index is 13.1. The van der Waals surface area contributed by atoms with Gasteiger partial charge in [-0.1, -0.05) is 0 Å². The first-order valence-electron chi connectivity index (χ1n) is 9.40. The van der Waals surface area contributed by atoms with Crippen molar-refractivity contribution < 1.29 is 18.4 Å². The third kappa shape index (κ3) is 3.75. The van der Waals surface area contributed by atoms with Crippen molar-refractivity contribution >= 4 is 23.2 Å². The number of nitrogens with one attached hydrogen (secondary N) is 1. The monoisotopic (exact) mass is 385 g/mol. The van der Waals surface area contributed by atoms with E-state index in [1.54, 1.807) is 12.1 Å². The molecule has 2 aromatic rings. The molecule has 0 bridgehead atoms. The molecule has 28 heavy (non-hydrogen) atoms. The van der Waals surface area contributed by atoms with Crippen molar-refractivity contribution in [2.45, 2.75) is 31.3 Å². The first-order valence-corrected chi connectivity index (χ1v) is 9.40. The van der Waals surface area contributed by atoms with Gasteiger partial charge in [-0.25, -0.2) is 13.7 Å². The minimum atomic E-state index is -0.468. The zero-order valence-corrected chi connectivity index (χ0v) is 15.3. The van der Waals surface area contributed by atoms with Crippen LogP contribution in [-0.2, 0) is 9.59 Å². The molecule has 0 spiro atoms. The largest absolute Gasteiger partial charge is 0.382 e. The van der Waals surface area contributed by atoms with Crippen molar-refractivity contribution in [3.8, 4) is 0 Å². The lowest BCUT2D eigenvalue weighted by atomic mass is 10.0. The summed E-state index contributed by atoms with van der Waals surface area (Å²) in [5, 5.41) is 3.39. The molecule has 0 saturated carbocycles. The fourth-order valence-corrected chi connectivity index (χ4v) is 3.90. The number of benzene rings is 2. The molecule has 0 unspecified atom stereocenters. The van der Waals surface area contributed by atoms with Gasteiger partial charge in [-0.3, -0.25) is 14.5 Å². The highest BCUT2D eigenvalue weighted by molar-refractivity contribution is 6.22. The molecule has 0 aromatic heterocycles. The Kier molecular flexibility index (Phi) is 5.09. The Morgan fingerprint density at radius 1 is 0.857 bits per heavy atom. The number of carbonyl (C=O) groups excluding carboxylic acids is 2. The quantitative estimate of drug-likeness (QED) is 0.822. The molecule has 4 rings (SSSR count). The van der Waals surface area contributed by atoms with Crippen LogP contribution in [-0.4, -0.2) is 41.9 Å². The van der Waals surface area contributed by atoms with Crippen molar-refractivity contribution in [2.24, 2.45) is 0 Å². The Balaban J connectivity index is 1.37. The molecule has 2 heterocycles. The van der Waals surface area contributed by atoms with E-state index >= 15 is 0 Å². The van der Waals surface area contributed by atoms with Gasteiger partial charge in [-0.05, 0) is 61.4 Å². The molecule has 2 aromatic carbocycles. The lowest BCUT2D eigenvalue weighted by Gasteiger charge is -2.35. The Bertz CT molecular complexity index is 862. The molecule has 2 fully saturated rings. The Morgan fingerprint density at radius 3 is 2.04 bits per heavy atom. The van der Waals surface area contributed by atoms with Crippen LogP contribution >= 0.6 is 0 Å². The molecule has 146 valence electrons. The first-order chi connectivity index (χ1) is 13.5. The van der Waals surface area contributed by atoms with Gasteiger partial charge >= 0.3 is 0 Å². The lowest BCUT2D eigenvalue weighted by Crippen LogP contribution is -2.48. The fraction of sp³-hybridized carbons (Fsp3) is 0.333. The van der Waals surface area contributed by atoms with Crippen LogP contribution < -0.4 is 10.2 Å². The number of carbonyl (C=O) groups is 2. The molecule has 5 nitrogen and oxygen atoms in total. The van der Waals surface area contributed by atoms with Crippen LogP contribution in [0.15, 0.2) is 48.5 Å². The van der Waals surface area contributed by atoms with Crippen LogP contribution in [0.5, 0.6) is 0 Å².